The molecule has 0 aromatic carbocycles. The Labute approximate surface area is 181 Å². The number of aromatic nitrogens is 6. The molecule has 164 valence electrons. The van der Waals surface area contributed by atoms with Gasteiger partial charge in [-0.1, -0.05) is 0 Å². The first-order valence-electron chi connectivity index (χ1n) is 9.86. The van der Waals surface area contributed by atoms with E-state index in [0.29, 0.717) is 18.1 Å². The number of fused-ring (bicyclic) bond motifs is 1. The van der Waals surface area contributed by atoms with Gasteiger partial charge in [-0.25, -0.2) is 23.7 Å². The molecule has 1 fully saturated rings. The molecule has 32 heavy (non-hydrogen) atoms. The van der Waals surface area contributed by atoms with Gasteiger partial charge in [0.1, 0.15) is 12.3 Å². The zero-order valence-electron chi connectivity index (χ0n) is 17.0. The highest BCUT2D eigenvalue weighted by Crippen LogP contribution is 2.31. The summed E-state index contributed by atoms with van der Waals surface area (Å²) >= 11 is 0. The van der Waals surface area contributed by atoms with Crippen LogP contribution in [0.25, 0.3) is 16.8 Å². The van der Waals surface area contributed by atoms with Gasteiger partial charge in [0.15, 0.2) is 17.4 Å². The molecule has 5 rings (SSSR count). The number of halogens is 1. The lowest BCUT2D eigenvalue weighted by atomic mass is 10.1. The van der Waals surface area contributed by atoms with E-state index in [-0.39, 0.29) is 18.6 Å². The first kappa shape index (κ1) is 19.7. The van der Waals surface area contributed by atoms with Crippen molar-refractivity contribution in [1.82, 2.24) is 34.3 Å². The summed E-state index contributed by atoms with van der Waals surface area (Å²) in [6.07, 6.45) is 5.42. The predicted octanol–water partition coefficient (Wildman–Crippen LogP) is 2.54. The number of rotatable bonds is 6. The molecule has 1 saturated heterocycles. The third-order valence-corrected chi connectivity index (χ3v) is 5.32. The number of pyridine rings is 1. The van der Waals surface area contributed by atoms with Crippen LogP contribution in [0.2, 0.25) is 0 Å². The standard InChI is InChI=1S/C20H19FN8O3/c1-27-18(16(10-24-27)32-11-14-3-4-28(14)20(30)31)12-2-5-29-15(6-12)7-17(26-29)25-19-22-8-13(21)9-23-19/h2,5-10,14H,3-4,11H2,1H3,(H,30,31)(H,22,23,25,26). The number of nitrogens with one attached hydrogen (secondary N) is 1. The maximum absolute atomic E-state index is 13.0. The fourth-order valence-corrected chi connectivity index (χ4v) is 3.60. The van der Waals surface area contributed by atoms with Crippen molar-refractivity contribution in [2.75, 3.05) is 18.5 Å². The molecular weight excluding hydrogens is 419 g/mol. The van der Waals surface area contributed by atoms with Crippen LogP contribution in [0.15, 0.2) is 43.0 Å². The maximum Gasteiger partial charge on any atom is 0.407 e. The molecule has 12 heteroatoms. The number of anilines is 2. The zero-order chi connectivity index (χ0) is 22.2. The van der Waals surface area contributed by atoms with E-state index in [4.69, 9.17) is 9.84 Å². The molecule has 4 aromatic rings. The van der Waals surface area contributed by atoms with Gasteiger partial charge in [0.25, 0.3) is 0 Å². The SMILES string of the molecule is Cn1ncc(OCC2CCN2C(=O)O)c1-c1ccn2nc(Nc3ncc(F)cn3)cc2c1. The average molecular weight is 438 g/mol. The van der Waals surface area contributed by atoms with Crippen LogP contribution in [0.3, 0.4) is 0 Å². The molecule has 2 N–H and O–H groups in total. The fourth-order valence-electron chi connectivity index (χ4n) is 3.60. The van der Waals surface area contributed by atoms with Crippen molar-refractivity contribution in [2.45, 2.75) is 12.5 Å². The highest BCUT2D eigenvalue weighted by Gasteiger charge is 2.32. The Morgan fingerprint density at radius 3 is 2.84 bits per heavy atom. The fraction of sp³-hybridized carbons (Fsp3) is 0.250. The minimum absolute atomic E-state index is 0.153. The van der Waals surface area contributed by atoms with Crippen molar-refractivity contribution in [3.63, 3.8) is 0 Å². The van der Waals surface area contributed by atoms with E-state index in [1.807, 2.05) is 25.2 Å². The Morgan fingerprint density at radius 1 is 1.31 bits per heavy atom. The van der Waals surface area contributed by atoms with E-state index in [1.54, 1.807) is 21.6 Å². The van der Waals surface area contributed by atoms with Crippen LogP contribution in [-0.4, -0.2) is 64.7 Å². The zero-order valence-corrected chi connectivity index (χ0v) is 17.0. The van der Waals surface area contributed by atoms with E-state index in [1.165, 1.54) is 4.90 Å². The van der Waals surface area contributed by atoms with Crippen molar-refractivity contribution in [3.8, 4) is 17.0 Å². The number of nitrogens with zero attached hydrogens (tertiary/aromatic N) is 7. The topological polar surface area (TPSA) is 123 Å². The number of ether oxygens (including phenoxy) is 1. The van der Waals surface area contributed by atoms with Gasteiger partial charge in [-0.2, -0.15) is 10.2 Å². The molecule has 0 radical (unpaired) electrons. The molecule has 4 aromatic heterocycles. The highest BCUT2D eigenvalue weighted by atomic mass is 19.1. The first-order valence-corrected chi connectivity index (χ1v) is 9.86. The Morgan fingerprint density at radius 2 is 2.12 bits per heavy atom. The third-order valence-electron chi connectivity index (χ3n) is 5.32. The molecule has 1 unspecified atom stereocenters. The van der Waals surface area contributed by atoms with Gasteiger partial charge in [0, 0.05) is 31.4 Å². The van der Waals surface area contributed by atoms with Crippen LogP contribution in [0.4, 0.5) is 21.0 Å². The monoisotopic (exact) mass is 438 g/mol. The lowest BCUT2D eigenvalue weighted by Gasteiger charge is -2.38. The van der Waals surface area contributed by atoms with Crippen molar-refractivity contribution in [2.24, 2.45) is 7.05 Å². The summed E-state index contributed by atoms with van der Waals surface area (Å²) in [5, 5.41) is 20.8. The third kappa shape index (κ3) is 3.66. The van der Waals surface area contributed by atoms with E-state index >= 15 is 0 Å². The van der Waals surface area contributed by atoms with Crippen LogP contribution in [-0.2, 0) is 7.05 Å². The van der Waals surface area contributed by atoms with Gasteiger partial charge in [0.05, 0.1) is 30.1 Å². The molecule has 0 bridgehead atoms. The Hall–Kier alpha value is -4.22. The van der Waals surface area contributed by atoms with Gasteiger partial charge in [-0.05, 0) is 18.6 Å². The van der Waals surface area contributed by atoms with Crippen molar-refractivity contribution < 1.29 is 19.0 Å². The second-order valence-electron chi connectivity index (χ2n) is 7.37. The molecule has 0 spiro atoms. The molecule has 11 nitrogen and oxygen atoms in total. The molecule has 1 amide bonds. The number of aryl methyl sites for hydroxylation is 1. The molecule has 1 aliphatic rings. The van der Waals surface area contributed by atoms with Crippen LogP contribution in [0, 0.1) is 5.82 Å². The van der Waals surface area contributed by atoms with Crippen molar-refractivity contribution in [1.29, 1.82) is 0 Å². The van der Waals surface area contributed by atoms with E-state index < -0.39 is 11.9 Å². The summed E-state index contributed by atoms with van der Waals surface area (Å²) in [7, 11) is 1.81. The largest absolute Gasteiger partial charge is 0.487 e. The molecule has 5 heterocycles. The van der Waals surface area contributed by atoms with Gasteiger partial charge >= 0.3 is 6.09 Å². The van der Waals surface area contributed by atoms with Crippen molar-refractivity contribution in [3.05, 3.63) is 48.8 Å². The maximum atomic E-state index is 13.0. The number of hydrogen-bond donors (Lipinski definition) is 2. The number of carbonyl (C=O) groups is 1. The molecular formula is C20H19FN8O3. The second-order valence-corrected chi connectivity index (χ2v) is 7.37. The van der Waals surface area contributed by atoms with Gasteiger partial charge in [-0.3, -0.25) is 4.68 Å². The summed E-state index contributed by atoms with van der Waals surface area (Å²) in [6.45, 7) is 0.798. The molecule has 1 aliphatic heterocycles. The first-order chi connectivity index (χ1) is 15.5. The van der Waals surface area contributed by atoms with Gasteiger partial charge in [-0.15, -0.1) is 0 Å². The summed E-state index contributed by atoms with van der Waals surface area (Å²) in [5.74, 6) is 0.807. The van der Waals surface area contributed by atoms with E-state index in [0.717, 1.165) is 35.6 Å². The number of amides is 1. The van der Waals surface area contributed by atoms with Crippen LogP contribution < -0.4 is 10.1 Å². The number of likely N-dealkylation sites (tertiary alicyclic amines) is 1. The van der Waals surface area contributed by atoms with Crippen molar-refractivity contribution >= 4 is 23.4 Å². The molecule has 0 saturated carbocycles. The highest BCUT2D eigenvalue weighted by molar-refractivity contribution is 5.72. The van der Waals surface area contributed by atoms with Crippen LogP contribution >= 0.6 is 0 Å². The summed E-state index contributed by atoms with van der Waals surface area (Å²) < 4.78 is 22.3. The summed E-state index contributed by atoms with van der Waals surface area (Å²) in [6, 6.07) is 5.47. The normalized spacial score (nSPS) is 15.6. The lowest BCUT2D eigenvalue weighted by Crippen LogP contribution is -2.53. The summed E-state index contributed by atoms with van der Waals surface area (Å²) in [5.41, 5.74) is 2.43. The second kappa shape index (κ2) is 7.80. The van der Waals surface area contributed by atoms with Gasteiger partial charge < -0.3 is 20.1 Å². The van der Waals surface area contributed by atoms with Crippen LogP contribution in [0.5, 0.6) is 5.75 Å². The van der Waals surface area contributed by atoms with E-state index in [2.05, 4.69) is 25.5 Å². The smallest absolute Gasteiger partial charge is 0.407 e. The minimum Gasteiger partial charge on any atom is -0.487 e. The quantitative estimate of drug-likeness (QED) is 0.471. The Bertz CT molecular complexity index is 1290. The molecule has 1 atom stereocenters. The Balaban J connectivity index is 1.37. The number of hydrogen-bond acceptors (Lipinski definition) is 7. The number of carboxylic acid groups (broad SMARTS) is 1. The lowest BCUT2D eigenvalue weighted by molar-refractivity contribution is 0.0501. The van der Waals surface area contributed by atoms with Gasteiger partial charge in [0.2, 0.25) is 5.95 Å². The van der Waals surface area contributed by atoms with E-state index in [9.17, 15) is 9.18 Å². The predicted molar refractivity (Wildman–Crippen MR) is 111 cm³/mol. The summed E-state index contributed by atoms with van der Waals surface area (Å²) in [4.78, 5) is 20.3. The molecule has 0 aliphatic carbocycles. The van der Waals surface area contributed by atoms with Crippen LogP contribution in [0.1, 0.15) is 6.42 Å². The Kier molecular flexibility index (Phi) is 4.81. The minimum atomic E-state index is -0.933. The average Bonchev–Trinajstić information content (AvgIpc) is 3.30.